The smallest absolute Gasteiger partial charge is 0.250 e. The second-order valence-corrected chi connectivity index (χ2v) is 5.35. The number of halogens is 2. The summed E-state index contributed by atoms with van der Waals surface area (Å²) in [4.78, 5) is 3.91. The molecule has 0 bridgehead atoms. The highest BCUT2D eigenvalue weighted by atomic mass is 79.9. The Labute approximate surface area is 109 Å². The molecule has 1 fully saturated rings. The number of rotatable bonds is 4. The monoisotopic (exact) mass is 302 g/mol. The Kier molecular flexibility index (Phi) is 4.34. The Morgan fingerprint density at radius 3 is 2.94 bits per heavy atom. The molecule has 2 N–H and O–H groups in total. The summed E-state index contributed by atoms with van der Waals surface area (Å²) in [6.45, 7) is 1.19. The Morgan fingerprint density at radius 1 is 1.47 bits per heavy atom. The van der Waals surface area contributed by atoms with Gasteiger partial charge in [0.1, 0.15) is 0 Å². The number of ether oxygens (including phenoxy) is 1. The number of nitrogens with two attached hydrogens (primary N) is 1. The van der Waals surface area contributed by atoms with Gasteiger partial charge in [-0.05, 0) is 53.2 Å². The third-order valence-electron chi connectivity index (χ3n) is 3.33. The highest BCUT2D eigenvalue weighted by molar-refractivity contribution is 9.10. The fourth-order valence-electron chi connectivity index (χ4n) is 2.34. The van der Waals surface area contributed by atoms with E-state index in [-0.39, 0.29) is 5.88 Å². The van der Waals surface area contributed by atoms with E-state index in [4.69, 9.17) is 10.5 Å². The van der Waals surface area contributed by atoms with Crippen LogP contribution in [-0.4, -0.2) is 18.1 Å². The highest BCUT2D eigenvalue weighted by Gasteiger charge is 2.26. The van der Waals surface area contributed by atoms with Gasteiger partial charge in [-0.3, -0.25) is 0 Å². The fourth-order valence-corrected chi connectivity index (χ4v) is 2.64. The predicted molar refractivity (Wildman–Crippen MR) is 67.3 cm³/mol. The maximum Gasteiger partial charge on any atom is 0.250 e. The Morgan fingerprint density at radius 2 is 2.24 bits per heavy atom. The van der Waals surface area contributed by atoms with Crippen LogP contribution in [0.5, 0.6) is 5.88 Å². The van der Waals surface area contributed by atoms with Gasteiger partial charge in [0.15, 0.2) is 5.82 Å². The first-order chi connectivity index (χ1) is 8.20. The number of pyridine rings is 1. The maximum absolute atomic E-state index is 13.5. The first kappa shape index (κ1) is 12.8. The molecule has 3 nitrogen and oxygen atoms in total. The van der Waals surface area contributed by atoms with Gasteiger partial charge in [0, 0.05) is 10.7 Å². The van der Waals surface area contributed by atoms with E-state index in [1.54, 1.807) is 0 Å². The molecule has 1 saturated carbocycles. The summed E-state index contributed by atoms with van der Waals surface area (Å²) >= 11 is 3.16. The molecule has 1 aromatic rings. The largest absolute Gasteiger partial charge is 0.475 e. The fraction of sp³-hybridized carbons (Fsp3) is 0.583. The standard InChI is InChI=1S/C12H16BrFN2O/c13-10-4-11(14)12(16-6-10)17-7-9-3-1-2-8(9)5-15/h4,6,8-9H,1-3,5,7,15H2. The zero-order valence-corrected chi connectivity index (χ0v) is 11.1. The van der Waals surface area contributed by atoms with Gasteiger partial charge >= 0.3 is 0 Å². The Bertz CT molecular complexity index is 389. The molecule has 0 spiro atoms. The van der Waals surface area contributed by atoms with Crippen LogP contribution in [0.2, 0.25) is 0 Å². The Hall–Kier alpha value is -0.680. The van der Waals surface area contributed by atoms with Gasteiger partial charge in [0.25, 0.3) is 0 Å². The molecule has 1 aromatic heterocycles. The summed E-state index contributed by atoms with van der Waals surface area (Å²) in [5, 5.41) is 0. The summed E-state index contributed by atoms with van der Waals surface area (Å²) in [5.74, 6) is 0.593. The van der Waals surface area contributed by atoms with Crippen molar-refractivity contribution in [2.75, 3.05) is 13.2 Å². The lowest BCUT2D eigenvalue weighted by Gasteiger charge is -2.18. The maximum atomic E-state index is 13.5. The van der Waals surface area contributed by atoms with Crippen LogP contribution in [0.15, 0.2) is 16.7 Å². The molecule has 2 unspecified atom stereocenters. The normalized spacial score (nSPS) is 23.9. The average molecular weight is 303 g/mol. The zero-order valence-electron chi connectivity index (χ0n) is 9.53. The van der Waals surface area contributed by atoms with Crippen LogP contribution < -0.4 is 10.5 Å². The Balaban J connectivity index is 1.93. The minimum absolute atomic E-state index is 0.0795. The molecule has 0 amide bonds. The van der Waals surface area contributed by atoms with Crippen LogP contribution in [0.3, 0.4) is 0 Å². The zero-order chi connectivity index (χ0) is 12.3. The third kappa shape index (κ3) is 3.16. The van der Waals surface area contributed by atoms with E-state index in [0.717, 1.165) is 12.8 Å². The lowest BCUT2D eigenvalue weighted by atomic mass is 9.97. The molecule has 0 aliphatic heterocycles. The third-order valence-corrected chi connectivity index (χ3v) is 3.76. The minimum Gasteiger partial charge on any atom is -0.475 e. The summed E-state index contributed by atoms with van der Waals surface area (Å²) < 4.78 is 19.5. The van der Waals surface area contributed by atoms with Crippen LogP contribution in [-0.2, 0) is 0 Å². The van der Waals surface area contributed by atoms with E-state index in [1.165, 1.54) is 18.7 Å². The quantitative estimate of drug-likeness (QED) is 0.930. The van der Waals surface area contributed by atoms with Gasteiger partial charge in [-0.25, -0.2) is 9.37 Å². The highest BCUT2D eigenvalue weighted by Crippen LogP contribution is 2.31. The summed E-state index contributed by atoms with van der Waals surface area (Å²) in [7, 11) is 0. The predicted octanol–water partition coefficient (Wildman–Crippen LogP) is 2.74. The molecule has 2 rings (SSSR count). The number of hydrogen-bond donors (Lipinski definition) is 1. The first-order valence-corrected chi connectivity index (χ1v) is 6.64. The van der Waals surface area contributed by atoms with Crippen LogP contribution >= 0.6 is 15.9 Å². The van der Waals surface area contributed by atoms with Crippen LogP contribution in [0.4, 0.5) is 4.39 Å². The molecule has 1 heterocycles. The van der Waals surface area contributed by atoms with Crippen LogP contribution in [0.1, 0.15) is 19.3 Å². The molecule has 0 aromatic carbocycles. The summed E-state index contributed by atoms with van der Waals surface area (Å²) in [6, 6.07) is 1.36. The van der Waals surface area contributed by atoms with E-state index in [1.807, 2.05) is 0 Å². The number of hydrogen-bond acceptors (Lipinski definition) is 3. The second-order valence-electron chi connectivity index (χ2n) is 4.44. The van der Waals surface area contributed by atoms with Crippen molar-refractivity contribution in [2.24, 2.45) is 17.6 Å². The van der Waals surface area contributed by atoms with Gasteiger partial charge in [-0.2, -0.15) is 0 Å². The first-order valence-electron chi connectivity index (χ1n) is 5.84. The lowest BCUT2D eigenvalue weighted by molar-refractivity contribution is 0.202. The molecule has 1 aliphatic rings. The molecular formula is C12H16BrFN2O. The van der Waals surface area contributed by atoms with Crippen molar-refractivity contribution in [2.45, 2.75) is 19.3 Å². The van der Waals surface area contributed by atoms with E-state index in [0.29, 0.717) is 29.5 Å². The molecule has 17 heavy (non-hydrogen) atoms. The van der Waals surface area contributed by atoms with E-state index >= 15 is 0 Å². The lowest BCUT2D eigenvalue weighted by Crippen LogP contribution is -2.23. The van der Waals surface area contributed by atoms with Gasteiger partial charge in [-0.1, -0.05) is 6.42 Å². The van der Waals surface area contributed by atoms with E-state index in [9.17, 15) is 4.39 Å². The summed E-state index contributed by atoms with van der Waals surface area (Å²) in [6.07, 6.45) is 4.99. The van der Waals surface area contributed by atoms with Crippen molar-refractivity contribution in [1.82, 2.24) is 4.98 Å². The average Bonchev–Trinajstić information content (AvgIpc) is 2.75. The van der Waals surface area contributed by atoms with Crippen molar-refractivity contribution >= 4 is 15.9 Å². The van der Waals surface area contributed by atoms with E-state index in [2.05, 4.69) is 20.9 Å². The topological polar surface area (TPSA) is 48.1 Å². The number of aromatic nitrogens is 1. The van der Waals surface area contributed by atoms with Gasteiger partial charge in [0.05, 0.1) is 6.61 Å². The van der Waals surface area contributed by atoms with Crippen molar-refractivity contribution in [3.63, 3.8) is 0 Å². The van der Waals surface area contributed by atoms with Crippen molar-refractivity contribution in [3.8, 4) is 5.88 Å². The van der Waals surface area contributed by atoms with Crippen molar-refractivity contribution < 1.29 is 9.13 Å². The molecule has 0 saturated heterocycles. The van der Waals surface area contributed by atoms with Crippen molar-refractivity contribution in [1.29, 1.82) is 0 Å². The van der Waals surface area contributed by atoms with Gasteiger partial charge < -0.3 is 10.5 Å². The SMILES string of the molecule is NCC1CCCC1COc1ncc(Br)cc1F. The minimum atomic E-state index is -0.429. The molecular weight excluding hydrogens is 287 g/mol. The van der Waals surface area contributed by atoms with Crippen LogP contribution in [0, 0.1) is 17.7 Å². The van der Waals surface area contributed by atoms with Crippen LogP contribution in [0.25, 0.3) is 0 Å². The van der Waals surface area contributed by atoms with E-state index < -0.39 is 5.82 Å². The molecule has 1 aliphatic carbocycles. The molecule has 5 heteroatoms. The molecule has 0 radical (unpaired) electrons. The number of nitrogens with zero attached hydrogens (tertiary/aromatic N) is 1. The van der Waals surface area contributed by atoms with Crippen molar-refractivity contribution in [3.05, 3.63) is 22.6 Å². The van der Waals surface area contributed by atoms with Gasteiger partial charge in [0.2, 0.25) is 5.88 Å². The molecule has 94 valence electrons. The second kappa shape index (κ2) is 5.78. The molecule has 2 atom stereocenters. The van der Waals surface area contributed by atoms with Gasteiger partial charge in [-0.15, -0.1) is 0 Å². The summed E-state index contributed by atoms with van der Waals surface area (Å²) in [5.41, 5.74) is 5.69.